The van der Waals surface area contributed by atoms with Crippen molar-refractivity contribution >= 4 is 0 Å². The lowest BCUT2D eigenvalue weighted by molar-refractivity contribution is -0.0524. The maximum absolute atomic E-state index is 5.87. The summed E-state index contributed by atoms with van der Waals surface area (Å²) in [6.45, 7) is 8.92. The summed E-state index contributed by atoms with van der Waals surface area (Å²) in [5.74, 6) is 0. The normalized spacial score (nSPS) is 12.3. The molecule has 1 unspecified atom stereocenters. The van der Waals surface area contributed by atoms with E-state index in [0.29, 0.717) is 13.2 Å². The van der Waals surface area contributed by atoms with Crippen LogP contribution in [0.15, 0.2) is 12.7 Å². The highest BCUT2D eigenvalue weighted by Crippen LogP contribution is 2.13. The van der Waals surface area contributed by atoms with E-state index in [0.717, 1.165) is 38.9 Å². The van der Waals surface area contributed by atoms with E-state index in [2.05, 4.69) is 13.5 Å². The van der Waals surface area contributed by atoms with Gasteiger partial charge in [-0.25, -0.2) is 0 Å². The standard InChI is InChI=1S/C26H52O3/c1-4-6-8-10-11-12-13-14-15-16-17-18-19-20-22-28-25-26(24-27-3)29-23-21-9-7-5-2/h5,26H,2,4,6-25H2,1,3H3. The first kappa shape index (κ1) is 28.6. The van der Waals surface area contributed by atoms with Gasteiger partial charge in [0.2, 0.25) is 0 Å². The van der Waals surface area contributed by atoms with Crippen molar-refractivity contribution in [2.24, 2.45) is 0 Å². The van der Waals surface area contributed by atoms with E-state index in [4.69, 9.17) is 14.2 Å². The summed E-state index contributed by atoms with van der Waals surface area (Å²) < 4.78 is 16.9. The van der Waals surface area contributed by atoms with Gasteiger partial charge in [0.25, 0.3) is 0 Å². The van der Waals surface area contributed by atoms with Gasteiger partial charge in [-0.15, -0.1) is 6.58 Å². The number of allylic oxidation sites excluding steroid dienone is 1. The fraction of sp³-hybridized carbons (Fsp3) is 0.923. The molecule has 0 aromatic heterocycles. The van der Waals surface area contributed by atoms with E-state index in [1.54, 1.807) is 7.11 Å². The quantitative estimate of drug-likeness (QED) is 0.113. The van der Waals surface area contributed by atoms with Gasteiger partial charge in [-0.2, -0.15) is 0 Å². The molecule has 1 atom stereocenters. The average Bonchev–Trinajstić information content (AvgIpc) is 2.73. The number of hydrogen-bond acceptors (Lipinski definition) is 3. The minimum atomic E-state index is 0.0652. The molecule has 0 rings (SSSR count). The number of ether oxygens (including phenoxy) is 3. The largest absolute Gasteiger partial charge is 0.382 e. The Morgan fingerprint density at radius 1 is 0.655 bits per heavy atom. The number of hydrogen-bond donors (Lipinski definition) is 0. The molecular weight excluding hydrogens is 360 g/mol. The molecule has 0 fully saturated rings. The first-order valence-electron chi connectivity index (χ1n) is 12.6. The van der Waals surface area contributed by atoms with Gasteiger partial charge in [-0.1, -0.05) is 96.5 Å². The molecule has 0 heterocycles. The third-order valence-corrected chi connectivity index (χ3v) is 5.45. The molecule has 0 aliphatic heterocycles. The lowest BCUT2D eigenvalue weighted by atomic mass is 10.0. The molecule has 0 amide bonds. The smallest absolute Gasteiger partial charge is 0.104 e. The molecule has 0 radical (unpaired) electrons. The average molecular weight is 413 g/mol. The van der Waals surface area contributed by atoms with E-state index in [1.807, 2.05) is 6.08 Å². The Bertz CT molecular complexity index is 306. The van der Waals surface area contributed by atoms with E-state index in [1.165, 1.54) is 83.5 Å². The summed E-state index contributed by atoms with van der Waals surface area (Å²) >= 11 is 0. The van der Waals surface area contributed by atoms with E-state index in [-0.39, 0.29) is 6.10 Å². The van der Waals surface area contributed by atoms with E-state index >= 15 is 0 Å². The molecule has 3 nitrogen and oxygen atoms in total. The summed E-state index contributed by atoms with van der Waals surface area (Å²) in [5.41, 5.74) is 0. The predicted molar refractivity (Wildman–Crippen MR) is 127 cm³/mol. The molecule has 0 saturated heterocycles. The van der Waals surface area contributed by atoms with Crippen molar-refractivity contribution in [3.63, 3.8) is 0 Å². The molecule has 0 aliphatic rings. The Morgan fingerprint density at radius 3 is 1.69 bits per heavy atom. The number of unbranched alkanes of at least 4 members (excludes halogenated alkanes) is 15. The first-order valence-corrected chi connectivity index (χ1v) is 12.6. The summed E-state index contributed by atoms with van der Waals surface area (Å²) in [5, 5.41) is 0. The van der Waals surface area contributed by atoms with Crippen molar-refractivity contribution in [3.05, 3.63) is 12.7 Å². The second-order valence-corrected chi connectivity index (χ2v) is 8.40. The van der Waals surface area contributed by atoms with Gasteiger partial charge < -0.3 is 14.2 Å². The summed E-state index contributed by atoms with van der Waals surface area (Å²) in [4.78, 5) is 0. The van der Waals surface area contributed by atoms with Crippen LogP contribution in [0, 0.1) is 0 Å². The Labute approximate surface area is 183 Å². The number of methoxy groups -OCH3 is 1. The molecule has 0 aromatic rings. The van der Waals surface area contributed by atoms with Gasteiger partial charge in [-0.3, -0.25) is 0 Å². The van der Waals surface area contributed by atoms with Gasteiger partial charge in [0, 0.05) is 20.3 Å². The third kappa shape index (κ3) is 23.8. The molecule has 29 heavy (non-hydrogen) atoms. The summed E-state index contributed by atoms with van der Waals surface area (Å²) in [6.07, 6.45) is 24.8. The van der Waals surface area contributed by atoms with Crippen LogP contribution in [0.2, 0.25) is 0 Å². The molecule has 174 valence electrons. The Balaban J connectivity index is 3.30. The van der Waals surface area contributed by atoms with Crippen LogP contribution in [0.1, 0.15) is 116 Å². The van der Waals surface area contributed by atoms with E-state index in [9.17, 15) is 0 Å². The third-order valence-electron chi connectivity index (χ3n) is 5.45. The minimum Gasteiger partial charge on any atom is -0.382 e. The molecule has 0 spiro atoms. The molecule has 0 bridgehead atoms. The maximum atomic E-state index is 5.87. The second kappa shape index (κ2) is 25.7. The van der Waals surface area contributed by atoms with Gasteiger partial charge in [-0.05, 0) is 25.7 Å². The molecule has 0 aliphatic carbocycles. The zero-order valence-electron chi connectivity index (χ0n) is 19.9. The fourth-order valence-electron chi connectivity index (χ4n) is 3.58. The van der Waals surface area contributed by atoms with Gasteiger partial charge in [0.05, 0.1) is 13.2 Å². The van der Waals surface area contributed by atoms with Gasteiger partial charge >= 0.3 is 0 Å². The van der Waals surface area contributed by atoms with Crippen LogP contribution < -0.4 is 0 Å². The second-order valence-electron chi connectivity index (χ2n) is 8.40. The molecular formula is C26H52O3. The molecule has 0 N–H and O–H groups in total. The Morgan fingerprint density at radius 2 is 1.17 bits per heavy atom. The fourth-order valence-corrected chi connectivity index (χ4v) is 3.58. The molecule has 0 saturated carbocycles. The highest BCUT2D eigenvalue weighted by Gasteiger charge is 2.08. The van der Waals surface area contributed by atoms with Crippen LogP contribution in [-0.2, 0) is 14.2 Å². The highest BCUT2D eigenvalue weighted by atomic mass is 16.6. The van der Waals surface area contributed by atoms with Crippen LogP contribution in [0.25, 0.3) is 0 Å². The lowest BCUT2D eigenvalue weighted by Gasteiger charge is -2.17. The first-order chi connectivity index (χ1) is 14.3. The van der Waals surface area contributed by atoms with Crippen LogP contribution in [0.3, 0.4) is 0 Å². The lowest BCUT2D eigenvalue weighted by Crippen LogP contribution is -2.26. The Kier molecular flexibility index (Phi) is 25.3. The summed E-state index contributed by atoms with van der Waals surface area (Å²) in [6, 6.07) is 0. The minimum absolute atomic E-state index is 0.0652. The van der Waals surface area contributed by atoms with Gasteiger partial charge in [0.1, 0.15) is 6.10 Å². The maximum Gasteiger partial charge on any atom is 0.104 e. The van der Waals surface area contributed by atoms with Crippen molar-refractivity contribution in [1.82, 2.24) is 0 Å². The van der Waals surface area contributed by atoms with Crippen molar-refractivity contribution in [2.45, 2.75) is 122 Å². The molecule has 0 aromatic carbocycles. The molecule has 3 heteroatoms. The van der Waals surface area contributed by atoms with Crippen molar-refractivity contribution in [1.29, 1.82) is 0 Å². The zero-order chi connectivity index (χ0) is 21.3. The van der Waals surface area contributed by atoms with Gasteiger partial charge in [0.15, 0.2) is 0 Å². The monoisotopic (exact) mass is 412 g/mol. The van der Waals surface area contributed by atoms with Crippen LogP contribution in [0.5, 0.6) is 0 Å². The predicted octanol–water partition coefficient (Wildman–Crippen LogP) is 7.87. The zero-order valence-corrected chi connectivity index (χ0v) is 19.9. The highest BCUT2D eigenvalue weighted by molar-refractivity contribution is 4.65. The Hall–Kier alpha value is -0.380. The van der Waals surface area contributed by atoms with E-state index < -0.39 is 0 Å². The van der Waals surface area contributed by atoms with Crippen molar-refractivity contribution in [3.8, 4) is 0 Å². The van der Waals surface area contributed by atoms with Crippen molar-refractivity contribution < 1.29 is 14.2 Å². The van der Waals surface area contributed by atoms with Crippen LogP contribution >= 0.6 is 0 Å². The topological polar surface area (TPSA) is 27.7 Å². The summed E-state index contributed by atoms with van der Waals surface area (Å²) in [7, 11) is 1.72. The number of rotatable bonds is 25. The van der Waals surface area contributed by atoms with Crippen LogP contribution in [-0.4, -0.2) is 39.6 Å². The van der Waals surface area contributed by atoms with Crippen LogP contribution in [0.4, 0.5) is 0 Å². The SMILES string of the molecule is C=CCCCCOC(COC)COCCCCCCCCCCCCCCCC. The van der Waals surface area contributed by atoms with Crippen molar-refractivity contribution in [2.75, 3.05) is 33.5 Å².